The average Bonchev–Trinajstić information content (AvgIpc) is 3.70. The van der Waals surface area contributed by atoms with Gasteiger partial charge in [0.2, 0.25) is 11.7 Å². The van der Waals surface area contributed by atoms with E-state index in [1.54, 1.807) is 17.8 Å². The lowest BCUT2D eigenvalue weighted by atomic mass is 9.98. The van der Waals surface area contributed by atoms with Crippen LogP contribution in [0.5, 0.6) is 5.75 Å². The smallest absolute Gasteiger partial charge is 0.295 e. The van der Waals surface area contributed by atoms with Gasteiger partial charge in [0.05, 0.1) is 30.1 Å². The highest BCUT2D eigenvalue weighted by molar-refractivity contribution is 6.32. The van der Waals surface area contributed by atoms with Crippen LogP contribution in [-0.2, 0) is 7.05 Å². The molecule has 3 atom stereocenters. The van der Waals surface area contributed by atoms with Gasteiger partial charge in [-0.1, -0.05) is 18.5 Å². The predicted octanol–water partition coefficient (Wildman–Crippen LogP) is 3.91. The number of nitrogens with one attached hydrogen (secondary N) is 2. The molecule has 2 aliphatic heterocycles. The Hall–Kier alpha value is -3.04. The summed E-state index contributed by atoms with van der Waals surface area (Å²) in [6.45, 7) is 3.92. The Morgan fingerprint density at radius 3 is 2.86 bits per heavy atom. The first-order chi connectivity index (χ1) is 17.4. The molecule has 1 unspecified atom stereocenters. The van der Waals surface area contributed by atoms with E-state index >= 15 is 0 Å². The van der Waals surface area contributed by atoms with Crippen LogP contribution in [0, 0.1) is 11.8 Å². The van der Waals surface area contributed by atoms with Gasteiger partial charge in [-0.05, 0) is 49.3 Å². The molecule has 1 saturated heterocycles. The van der Waals surface area contributed by atoms with Crippen LogP contribution in [0.2, 0.25) is 5.02 Å². The minimum Gasteiger partial charge on any atom is -0.486 e. The van der Waals surface area contributed by atoms with Crippen LogP contribution in [-0.4, -0.2) is 51.5 Å². The summed E-state index contributed by atoms with van der Waals surface area (Å²) in [5, 5.41) is 18.5. The number of aliphatic hydroxyl groups is 1. The maximum atomic E-state index is 13.1. The van der Waals surface area contributed by atoms with Crippen LogP contribution in [0.15, 0.2) is 29.2 Å². The predicted molar refractivity (Wildman–Crippen MR) is 142 cm³/mol. The summed E-state index contributed by atoms with van der Waals surface area (Å²) in [5.41, 5.74) is 2.24. The first kappa shape index (κ1) is 23.4. The molecule has 2 aromatic heterocycles. The number of nitrogens with zero attached hydrogens (tertiary/aromatic N) is 4. The molecule has 36 heavy (non-hydrogen) atoms. The second-order valence-electron chi connectivity index (χ2n) is 10.4. The van der Waals surface area contributed by atoms with Gasteiger partial charge in [-0.3, -0.25) is 4.79 Å². The van der Waals surface area contributed by atoms with Crippen LogP contribution >= 0.6 is 11.6 Å². The number of aliphatic hydroxyl groups excluding tert-OH is 1. The van der Waals surface area contributed by atoms with Gasteiger partial charge in [-0.15, -0.1) is 0 Å². The lowest BCUT2D eigenvalue weighted by Gasteiger charge is -2.34. The van der Waals surface area contributed by atoms with Gasteiger partial charge in [-0.25, -0.2) is 4.98 Å². The molecule has 2 fully saturated rings. The van der Waals surface area contributed by atoms with E-state index in [1.165, 1.54) is 12.8 Å². The van der Waals surface area contributed by atoms with Gasteiger partial charge < -0.3 is 29.9 Å². The number of aromatic nitrogens is 3. The van der Waals surface area contributed by atoms with Crippen LogP contribution in [0.3, 0.4) is 0 Å². The van der Waals surface area contributed by atoms with Gasteiger partial charge in [-0.2, -0.15) is 4.98 Å². The van der Waals surface area contributed by atoms with E-state index < -0.39 is 6.10 Å². The van der Waals surface area contributed by atoms with Crippen molar-refractivity contribution < 1.29 is 9.84 Å². The lowest BCUT2D eigenvalue weighted by Crippen LogP contribution is -2.43. The number of hydrogen-bond donors (Lipinski definition) is 3. The van der Waals surface area contributed by atoms with E-state index in [2.05, 4.69) is 27.5 Å². The summed E-state index contributed by atoms with van der Waals surface area (Å²) in [4.78, 5) is 24.1. The zero-order valence-corrected chi connectivity index (χ0v) is 21.3. The van der Waals surface area contributed by atoms with Crippen molar-refractivity contribution in [1.29, 1.82) is 0 Å². The number of hydrogen-bond acceptors (Lipinski definition) is 8. The fraction of sp³-hybridized carbons (Fsp3) is 0.500. The number of halogens is 1. The van der Waals surface area contributed by atoms with Crippen molar-refractivity contribution in [1.82, 2.24) is 14.5 Å². The number of ether oxygens (including phenoxy) is 1. The summed E-state index contributed by atoms with van der Waals surface area (Å²) in [7, 11) is 1.77. The van der Waals surface area contributed by atoms with E-state index in [9.17, 15) is 9.90 Å². The topological polar surface area (TPSA) is 105 Å². The first-order valence-corrected chi connectivity index (χ1v) is 13.0. The maximum Gasteiger partial charge on any atom is 0.295 e. The number of β-amino-alcohol motifs (C(OH)–C–C–N with tert-alkyl or cyclic N) is 1. The molecular formula is C26H31ClN6O3. The molecule has 0 spiro atoms. The van der Waals surface area contributed by atoms with Crippen molar-refractivity contribution in [3.05, 3.63) is 39.8 Å². The summed E-state index contributed by atoms with van der Waals surface area (Å²) >= 11 is 6.47. The van der Waals surface area contributed by atoms with Crippen LogP contribution in [0.4, 0.5) is 23.1 Å². The van der Waals surface area contributed by atoms with E-state index in [0.717, 1.165) is 41.7 Å². The number of pyridine rings is 1. The fourth-order valence-corrected chi connectivity index (χ4v) is 5.63. The van der Waals surface area contributed by atoms with Gasteiger partial charge in [0.1, 0.15) is 5.02 Å². The van der Waals surface area contributed by atoms with Crippen molar-refractivity contribution in [3.63, 3.8) is 0 Å². The van der Waals surface area contributed by atoms with Gasteiger partial charge >= 0.3 is 0 Å². The molecule has 190 valence electrons. The SMILES string of the molecule is C[C@H]1C[C@@H](O)CN(c2ncc(Cl)c(Nc3ccc4c(c3)c3c(c(=O)n4C)OCCC(C4CC4)N3)n2)C1. The van der Waals surface area contributed by atoms with Crippen LogP contribution in [0.25, 0.3) is 10.9 Å². The molecule has 6 rings (SSSR count). The lowest BCUT2D eigenvalue weighted by molar-refractivity contribution is 0.132. The van der Waals surface area contributed by atoms with Gasteiger partial charge in [0.15, 0.2) is 5.82 Å². The Morgan fingerprint density at radius 2 is 2.08 bits per heavy atom. The van der Waals surface area contributed by atoms with E-state index in [1.807, 2.05) is 23.1 Å². The molecule has 10 heteroatoms. The third-order valence-electron chi connectivity index (χ3n) is 7.46. The molecule has 4 heterocycles. The zero-order chi connectivity index (χ0) is 25.0. The summed E-state index contributed by atoms with van der Waals surface area (Å²) in [5.74, 6) is 2.39. The quantitative estimate of drug-likeness (QED) is 0.485. The van der Waals surface area contributed by atoms with Crippen molar-refractivity contribution in [2.45, 2.75) is 44.8 Å². The Balaban J connectivity index is 1.36. The van der Waals surface area contributed by atoms with Gasteiger partial charge in [0.25, 0.3) is 5.56 Å². The van der Waals surface area contributed by atoms with Crippen molar-refractivity contribution >= 4 is 45.6 Å². The number of aryl methyl sites for hydroxylation is 1. The third-order valence-corrected chi connectivity index (χ3v) is 7.74. The van der Waals surface area contributed by atoms with Crippen molar-refractivity contribution in [2.75, 3.05) is 35.2 Å². The Morgan fingerprint density at radius 1 is 1.25 bits per heavy atom. The minimum atomic E-state index is -0.402. The number of fused-ring (bicyclic) bond motifs is 3. The second kappa shape index (κ2) is 9.12. The maximum absolute atomic E-state index is 13.1. The molecule has 1 aliphatic carbocycles. The Kier molecular flexibility index (Phi) is 5.92. The van der Waals surface area contributed by atoms with Crippen molar-refractivity contribution in [3.8, 4) is 5.75 Å². The number of anilines is 4. The highest BCUT2D eigenvalue weighted by Crippen LogP contribution is 2.41. The number of rotatable bonds is 4. The van der Waals surface area contributed by atoms with E-state index in [0.29, 0.717) is 53.6 Å². The Labute approximate surface area is 214 Å². The number of benzene rings is 1. The van der Waals surface area contributed by atoms with Gasteiger partial charge in [0, 0.05) is 43.7 Å². The highest BCUT2D eigenvalue weighted by atomic mass is 35.5. The zero-order valence-electron chi connectivity index (χ0n) is 20.5. The van der Waals surface area contributed by atoms with Crippen molar-refractivity contribution in [2.24, 2.45) is 18.9 Å². The molecule has 3 N–H and O–H groups in total. The average molecular weight is 511 g/mol. The molecular weight excluding hydrogens is 480 g/mol. The summed E-state index contributed by atoms with van der Waals surface area (Å²) in [6.07, 6.45) is 5.27. The molecule has 0 radical (unpaired) electrons. The summed E-state index contributed by atoms with van der Waals surface area (Å²) < 4.78 is 7.60. The molecule has 9 nitrogen and oxygen atoms in total. The Bertz CT molecular complexity index is 1360. The molecule has 1 aromatic carbocycles. The molecule has 3 aromatic rings. The van der Waals surface area contributed by atoms with E-state index in [-0.39, 0.29) is 5.56 Å². The molecule has 0 amide bonds. The monoisotopic (exact) mass is 510 g/mol. The minimum absolute atomic E-state index is 0.136. The first-order valence-electron chi connectivity index (χ1n) is 12.7. The fourth-order valence-electron chi connectivity index (χ4n) is 5.49. The van der Waals surface area contributed by atoms with Crippen LogP contribution in [0.1, 0.15) is 32.6 Å². The van der Waals surface area contributed by atoms with Crippen LogP contribution < -0.4 is 25.8 Å². The molecule has 0 bridgehead atoms. The molecule has 1 saturated carbocycles. The largest absolute Gasteiger partial charge is 0.486 e. The standard InChI is InChI=1S/C26H31ClN6O3/c1-14-9-17(34)13-33(12-14)26-28-11-19(27)24(31-26)29-16-5-6-21-18(10-16)22-23(25(35)32(21)2)36-8-7-20(30-22)15-3-4-15/h5-6,10-11,14-15,17,20,30,34H,3-4,7-9,12-13H2,1-2H3,(H,28,29,31)/t14-,17+,20?/m0/s1. The molecule has 3 aliphatic rings. The second-order valence-corrected chi connectivity index (χ2v) is 10.8. The number of piperidine rings is 1. The summed E-state index contributed by atoms with van der Waals surface area (Å²) in [6, 6.07) is 6.15. The normalized spacial score (nSPS) is 24.0. The highest BCUT2D eigenvalue weighted by Gasteiger charge is 2.34. The third kappa shape index (κ3) is 4.35. The van der Waals surface area contributed by atoms with E-state index in [4.69, 9.17) is 16.3 Å².